The highest BCUT2D eigenvalue weighted by atomic mass is 19.1. The minimum atomic E-state index is -1.86. The van der Waals surface area contributed by atoms with Crippen molar-refractivity contribution in [1.29, 1.82) is 0 Å². The molecule has 0 aliphatic carbocycles. The number of hydrogen-bond acceptors (Lipinski definition) is 4. The van der Waals surface area contributed by atoms with Crippen LogP contribution in [0.15, 0.2) is 48.5 Å². The largest absolute Gasteiger partial charge is 0.378 e. The highest BCUT2D eigenvalue weighted by molar-refractivity contribution is 5.92. The molecule has 0 spiro atoms. The maximum Gasteiger partial charge on any atom is 0.254 e. The second-order valence-corrected chi connectivity index (χ2v) is 8.29. The lowest BCUT2D eigenvalue weighted by atomic mass is 9.90. The number of carbonyl (C=O) groups is 3. The van der Waals surface area contributed by atoms with Crippen molar-refractivity contribution in [1.82, 2.24) is 15.5 Å². The van der Waals surface area contributed by atoms with Gasteiger partial charge in [0.15, 0.2) is 6.10 Å². The molecular formula is C24H27F2N3O4. The fourth-order valence-corrected chi connectivity index (χ4v) is 3.92. The molecule has 1 aliphatic rings. The second-order valence-electron chi connectivity index (χ2n) is 8.29. The summed E-state index contributed by atoms with van der Waals surface area (Å²) in [6, 6.07) is 10.1. The first-order valence-corrected chi connectivity index (χ1v) is 10.7. The first kappa shape index (κ1) is 24.3. The topological polar surface area (TPSA) is 98.7 Å². The molecule has 0 saturated carbocycles. The summed E-state index contributed by atoms with van der Waals surface area (Å²) in [5, 5.41) is 15.1. The zero-order valence-electron chi connectivity index (χ0n) is 18.4. The summed E-state index contributed by atoms with van der Waals surface area (Å²) < 4.78 is 26.8. The Kier molecular flexibility index (Phi) is 7.75. The van der Waals surface area contributed by atoms with Crippen LogP contribution in [0.3, 0.4) is 0 Å². The number of likely N-dealkylation sites (tertiary alicyclic amines) is 1. The van der Waals surface area contributed by atoms with Crippen LogP contribution in [0.4, 0.5) is 8.78 Å². The molecule has 4 atom stereocenters. The minimum absolute atomic E-state index is 0.0694. The van der Waals surface area contributed by atoms with Gasteiger partial charge in [-0.3, -0.25) is 14.4 Å². The van der Waals surface area contributed by atoms with Crippen LogP contribution in [-0.4, -0.2) is 53.4 Å². The SMILES string of the molecule is C[C@H](NC(=O)[C@@H](O)c1cc(F)cc(F)c1)C(=O)N[C@H]1C[C@@H](c2ccccc2)CCN(C)C1=O. The van der Waals surface area contributed by atoms with Gasteiger partial charge in [-0.05, 0) is 48.9 Å². The van der Waals surface area contributed by atoms with E-state index in [0.717, 1.165) is 24.1 Å². The molecule has 2 aromatic carbocycles. The molecule has 33 heavy (non-hydrogen) atoms. The van der Waals surface area contributed by atoms with Crippen molar-refractivity contribution < 1.29 is 28.3 Å². The number of hydrogen-bond donors (Lipinski definition) is 3. The second kappa shape index (κ2) is 10.5. The lowest BCUT2D eigenvalue weighted by Gasteiger charge is -2.24. The van der Waals surface area contributed by atoms with Gasteiger partial charge in [-0.1, -0.05) is 30.3 Å². The van der Waals surface area contributed by atoms with Crippen molar-refractivity contribution >= 4 is 17.7 Å². The van der Waals surface area contributed by atoms with Crippen molar-refractivity contribution in [2.24, 2.45) is 0 Å². The van der Waals surface area contributed by atoms with Crippen molar-refractivity contribution in [2.75, 3.05) is 13.6 Å². The molecule has 0 aromatic heterocycles. The number of aliphatic hydroxyl groups excluding tert-OH is 1. The predicted octanol–water partition coefficient (Wildman–Crippen LogP) is 2.02. The Morgan fingerprint density at radius 3 is 2.36 bits per heavy atom. The third-order valence-electron chi connectivity index (χ3n) is 5.80. The number of benzene rings is 2. The van der Waals surface area contributed by atoms with Gasteiger partial charge >= 0.3 is 0 Å². The molecular weight excluding hydrogens is 432 g/mol. The van der Waals surface area contributed by atoms with Crippen LogP contribution < -0.4 is 10.6 Å². The van der Waals surface area contributed by atoms with Crippen molar-refractivity contribution in [2.45, 2.75) is 43.9 Å². The number of rotatable bonds is 6. The molecule has 3 rings (SSSR count). The third kappa shape index (κ3) is 6.13. The summed E-state index contributed by atoms with van der Waals surface area (Å²) in [5.74, 6) is -3.63. The lowest BCUT2D eigenvalue weighted by Crippen LogP contribution is -2.53. The molecule has 0 unspecified atom stereocenters. The van der Waals surface area contributed by atoms with E-state index in [-0.39, 0.29) is 17.4 Å². The summed E-state index contributed by atoms with van der Waals surface area (Å²) >= 11 is 0. The zero-order chi connectivity index (χ0) is 24.1. The summed E-state index contributed by atoms with van der Waals surface area (Å²) in [4.78, 5) is 39.4. The van der Waals surface area contributed by atoms with E-state index < -0.39 is 41.6 Å². The molecule has 1 fully saturated rings. The fourth-order valence-electron chi connectivity index (χ4n) is 3.92. The van der Waals surface area contributed by atoms with Gasteiger partial charge in [0.05, 0.1) is 0 Å². The monoisotopic (exact) mass is 459 g/mol. The molecule has 0 bridgehead atoms. The Hall–Kier alpha value is -3.33. The average molecular weight is 459 g/mol. The van der Waals surface area contributed by atoms with E-state index in [4.69, 9.17) is 0 Å². The van der Waals surface area contributed by atoms with Gasteiger partial charge in [0, 0.05) is 19.7 Å². The normalized spacial score (nSPS) is 20.5. The molecule has 1 heterocycles. The van der Waals surface area contributed by atoms with Crippen molar-refractivity contribution in [3.05, 3.63) is 71.3 Å². The standard InChI is InChI=1S/C24H27F2N3O4/c1-14(27-23(32)21(30)17-10-18(25)13-19(26)11-17)22(31)28-20-12-16(8-9-29(2)24(20)33)15-6-4-3-5-7-15/h3-7,10-11,13-14,16,20-21,30H,8-9,12H2,1-2H3,(H,27,32)(H,28,31)/t14-,16-,20-,21-/m0/s1. The van der Waals surface area contributed by atoms with Gasteiger partial charge in [0.2, 0.25) is 11.8 Å². The van der Waals surface area contributed by atoms with Gasteiger partial charge in [-0.25, -0.2) is 8.78 Å². The van der Waals surface area contributed by atoms with Gasteiger partial charge in [0.1, 0.15) is 23.7 Å². The molecule has 1 aliphatic heterocycles. The van der Waals surface area contributed by atoms with Crippen LogP contribution in [0.1, 0.15) is 42.9 Å². The van der Waals surface area contributed by atoms with Gasteiger partial charge in [0.25, 0.3) is 5.91 Å². The molecule has 3 N–H and O–H groups in total. The number of carbonyl (C=O) groups excluding carboxylic acids is 3. The maximum atomic E-state index is 13.4. The van der Waals surface area contributed by atoms with E-state index in [1.54, 1.807) is 11.9 Å². The van der Waals surface area contributed by atoms with E-state index in [0.29, 0.717) is 19.0 Å². The zero-order valence-corrected chi connectivity index (χ0v) is 18.4. The minimum Gasteiger partial charge on any atom is -0.378 e. The molecule has 176 valence electrons. The quantitative estimate of drug-likeness (QED) is 0.616. The summed E-state index contributed by atoms with van der Waals surface area (Å²) in [5.41, 5.74) is 0.801. The van der Waals surface area contributed by atoms with Gasteiger partial charge < -0.3 is 20.6 Å². The van der Waals surface area contributed by atoms with Crippen LogP contribution in [0.5, 0.6) is 0 Å². The predicted molar refractivity (Wildman–Crippen MR) is 117 cm³/mol. The number of halogens is 2. The highest BCUT2D eigenvalue weighted by Gasteiger charge is 2.33. The maximum absolute atomic E-state index is 13.4. The highest BCUT2D eigenvalue weighted by Crippen LogP contribution is 2.28. The van der Waals surface area contributed by atoms with Crippen LogP contribution in [0, 0.1) is 11.6 Å². The molecule has 9 heteroatoms. The summed E-state index contributed by atoms with van der Waals surface area (Å²) in [6.45, 7) is 1.94. The Labute approximate surface area is 190 Å². The van der Waals surface area contributed by atoms with Crippen LogP contribution in [-0.2, 0) is 14.4 Å². The Morgan fingerprint density at radius 1 is 1.09 bits per heavy atom. The Morgan fingerprint density at radius 2 is 1.73 bits per heavy atom. The van der Waals surface area contributed by atoms with E-state index in [9.17, 15) is 28.3 Å². The van der Waals surface area contributed by atoms with E-state index in [2.05, 4.69) is 10.6 Å². The number of amides is 3. The summed E-state index contributed by atoms with van der Waals surface area (Å²) in [7, 11) is 1.68. The van der Waals surface area contributed by atoms with Gasteiger partial charge in [-0.15, -0.1) is 0 Å². The molecule has 2 aromatic rings. The first-order valence-electron chi connectivity index (χ1n) is 10.7. The number of likely N-dealkylation sites (N-methyl/N-ethyl adjacent to an activating group) is 1. The average Bonchev–Trinajstić information content (AvgIpc) is 2.92. The van der Waals surface area contributed by atoms with E-state index in [1.165, 1.54) is 6.92 Å². The third-order valence-corrected chi connectivity index (χ3v) is 5.80. The number of nitrogens with one attached hydrogen (secondary N) is 2. The smallest absolute Gasteiger partial charge is 0.254 e. The van der Waals surface area contributed by atoms with Gasteiger partial charge in [-0.2, -0.15) is 0 Å². The fraction of sp³-hybridized carbons (Fsp3) is 0.375. The first-order chi connectivity index (χ1) is 15.7. The van der Waals surface area contributed by atoms with Crippen LogP contribution in [0.2, 0.25) is 0 Å². The van der Waals surface area contributed by atoms with Crippen LogP contribution in [0.25, 0.3) is 0 Å². The number of nitrogens with zero attached hydrogens (tertiary/aromatic N) is 1. The molecule has 0 radical (unpaired) electrons. The van der Waals surface area contributed by atoms with E-state index >= 15 is 0 Å². The Bertz CT molecular complexity index is 998. The lowest BCUT2D eigenvalue weighted by molar-refractivity contribution is -0.137. The Balaban J connectivity index is 1.65. The molecule has 7 nitrogen and oxygen atoms in total. The summed E-state index contributed by atoms with van der Waals surface area (Å²) in [6.07, 6.45) is -0.704. The molecule has 3 amide bonds. The van der Waals surface area contributed by atoms with Crippen molar-refractivity contribution in [3.63, 3.8) is 0 Å². The van der Waals surface area contributed by atoms with Crippen LogP contribution >= 0.6 is 0 Å². The van der Waals surface area contributed by atoms with E-state index in [1.807, 2.05) is 30.3 Å². The number of aliphatic hydroxyl groups is 1. The van der Waals surface area contributed by atoms with Crippen molar-refractivity contribution in [3.8, 4) is 0 Å². The molecule has 1 saturated heterocycles.